The number of benzene rings is 1. The molecule has 0 unspecified atom stereocenters. The number of aliphatic hydroxyl groups excluding tert-OH is 2. The largest absolute Gasteiger partial charge is 0.507 e. The van der Waals surface area contributed by atoms with Gasteiger partial charge in [0.15, 0.2) is 0 Å². The van der Waals surface area contributed by atoms with Crippen molar-refractivity contribution in [3.8, 4) is 11.5 Å². The highest BCUT2D eigenvalue weighted by Gasteiger charge is 2.52. The van der Waals surface area contributed by atoms with Crippen LogP contribution in [0.3, 0.4) is 0 Å². The summed E-state index contributed by atoms with van der Waals surface area (Å²) in [5, 5.41) is 40.0. The second-order valence-corrected chi connectivity index (χ2v) is 16.2. The summed E-state index contributed by atoms with van der Waals surface area (Å²) < 4.78 is 23.5. The first-order chi connectivity index (χ1) is 27.8. The molecule has 1 amide bonds. The maximum Gasteiger partial charge on any atom is 0.312 e. The molecule has 0 radical (unpaired) electrons. The number of ether oxygens (including phenoxy) is 4. The molecule has 1 aromatic rings. The molecule has 3 aliphatic heterocycles. The van der Waals surface area contributed by atoms with Crippen LogP contribution in [0.15, 0.2) is 47.5 Å². The number of unbranched alkanes of at least 4 members (excludes halogenated alkanes) is 5. The summed E-state index contributed by atoms with van der Waals surface area (Å²) in [6.45, 7) is 14.8. The van der Waals surface area contributed by atoms with Gasteiger partial charge in [0.2, 0.25) is 11.6 Å². The smallest absolute Gasteiger partial charge is 0.312 e. The minimum absolute atomic E-state index is 0.0103. The van der Waals surface area contributed by atoms with E-state index in [-0.39, 0.29) is 46.0 Å². The number of ketones is 3. The van der Waals surface area contributed by atoms with Gasteiger partial charge in [0.05, 0.1) is 41.3 Å². The van der Waals surface area contributed by atoms with E-state index in [9.17, 15) is 39.3 Å². The number of carbonyl (C=O) groups is 5. The van der Waals surface area contributed by atoms with Crippen molar-refractivity contribution in [2.45, 2.75) is 131 Å². The topological polar surface area (TPSA) is 207 Å². The summed E-state index contributed by atoms with van der Waals surface area (Å²) in [6.07, 6.45) is 9.24. The van der Waals surface area contributed by atoms with Gasteiger partial charge in [-0.2, -0.15) is 0 Å². The van der Waals surface area contributed by atoms with E-state index in [1.807, 2.05) is 0 Å². The Hall–Kier alpha value is -4.79. The molecule has 59 heavy (non-hydrogen) atoms. The highest BCUT2D eigenvalue weighted by molar-refractivity contribution is 6.32. The number of hydrogen-bond donors (Lipinski definition) is 5. The highest BCUT2D eigenvalue weighted by atomic mass is 16.7. The standard InChI is InChI=1S/C45H62N2O12/c1-11-12-13-14-15-16-21-46-34-35-40(53)32-31(39(34)52)33-42(28(7)38(32)51)59-45(9,43(33)54)57-22-20-30(56-10)25(4)41(58-29(8)48)27(6)37(50)26(5)36(49)23(2)18-17-19-24(3)44(55)47-35/h17-20,22-23,25-27,30,36-37,41,46,49-51H,11-16,21H2,1-10H3,(H,47,55)/b18-17+,22-20+,24-19-/t23-,25+,26+,27-,30-,36-,37-,41+,45-/m0/s1. The fourth-order valence-corrected chi connectivity index (χ4v) is 7.98. The summed E-state index contributed by atoms with van der Waals surface area (Å²) in [4.78, 5) is 69.3. The molecule has 1 aliphatic carbocycles. The lowest BCUT2D eigenvalue weighted by Gasteiger charge is -2.38. The SMILES string of the molecule is CCCCCCCCNC1=C2NC(=O)/C(C)=C\C=C\[C@H](C)[C@H](O)[C@@H](C)[C@H](O)[C@H](C)[C@H](OC(C)=O)[C@H](C)[C@@H](OC)/C=C/O[C@@]3(C)Oc4c(C)c(O)c(c(c4C3=O)C1=O)C2=O. The van der Waals surface area contributed by atoms with E-state index < -0.39 is 94.4 Å². The first kappa shape index (κ1) is 46.9. The summed E-state index contributed by atoms with van der Waals surface area (Å²) in [6, 6.07) is 0. The van der Waals surface area contributed by atoms with Gasteiger partial charge in [0.1, 0.15) is 29.0 Å². The second-order valence-electron chi connectivity index (χ2n) is 16.2. The van der Waals surface area contributed by atoms with E-state index in [1.54, 1.807) is 39.8 Å². The third kappa shape index (κ3) is 9.99. The van der Waals surface area contributed by atoms with Gasteiger partial charge in [-0.15, -0.1) is 0 Å². The fraction of sp³-hybridized carbons (Fsp3) is 0.578. The number of aliphatic hydroxyl groups is 2. The number of allylic oxidation sites excluding steroid dienone is 4. The fourth-order valence-electron chi connectivity index (χ4n) is 7.98. The van der Waals surface area contributed by atoms with Crippen molar-refractivity contribution in [3.63, 3.8) is 0 Å². The van der Waals surface area contributed by atoms with Gasteiger partial charge >= 0.3 is 11.8 Å². The number of esters is 1. The lowest BCUT2D eigenvalue weighted by molar-refractivity contribution is -0.160. The van der Waals surface area contributed by atoms with Gasteiger partial charge in [-0.3, -0.25) is 24.0 Å². The van der Waals surface area contributed by atoms with Crippen LogP contribution in [0.1, 0.15) is 131 Å². The van der Waals surface area contributed by atoms with Crippen molar-refractivity contribution >= 4 is 29.2 Å². The van der Waals surface area contributed by atoms with E-state index in [0.29, 0.717) is 6.42 Å². The van der Waals surface area contributed by atoms with E-state index in [4.69, 9.17) is 18.9 Å². The molecule has 5 bridgehead atoms. The average Bonchev–Trinajstić information content (AvgIpc) is 3.46. The van der Waals surface area contributed by atoms with Crippen molar-refractivity contribution in [2.24, 2.45) is 23.7 Å². The third-order valence-electron chi connectivity index (χ3n) is 11.8. The first-order valence-corrected chi connectivity index (χ1v) is 20.6. The Morgan fingerprint density at radius 3 is 2.20 bits per heavy atom. The number of phenolic OH excluding ortho intramolecular Hbond substituents is 1. The van der Waals surface area contributed by atoms with Crippen LogP contribution in [0.25, 0.3) is 0 Å². The Balaban J connectivity index is 1.86. The summed E-state index contributed by atoms with van der Waals surface area (Å²) >= 11 is 0. The zero-order valence-electron chi connectivity index (χ0n) is 36.0. The molecule has 0 spiro atoms. The maximum absolute atomic E-state index is 14.6. The van der Waals surface area contributed by atoms with Crippen LogP contribution >= 0.6 is 0 Å². The molecule has 4 aliphatic rings. The second kappa shape index (κ2) is 20.0. The zero-order valence-corrected chi connectivity index (χ0v) is 36.0. The van der Waals surface area contributed by atoms with E-state index in [1.165, 1.54) is 53.2 Å². The Kier molecular flexibility index (Phi) is 15.9. The van der Waals surface area contributed by atoms with Crippen molar-refractivity contribution in [1.29, 1.82) is 0 Å². The highest BCUT2D eigenvalue weighted by Crippen LogP contribution is 2.48. The zero-order chi connectivity index (χ0) is 43.9. The monoisotopic (exact) mass is 822 g/mol. The number of hydrogen-bond acceptors (Lipinski definition) is 13. The van der Waals surface area contributed by atoms with Crippen molar-refractivity contribution < 1.29 is 58.2 Å². The molecule has 0 saturated carbocycles. The van der Waals surface area contributed by atoms with Gasteiger partial charge in [0.25, 0.3) is 11.7 Å². The Bertz CT molecular complexity index is 1910. The number of Topliss-reactive ketones (excluding diaryl/α,β-unsaturated/α-hetero) is 3. The van der Waals surface area contributed by atoms with Crippen molar-refractivity contribution in [3.05, 3.63) is 69.8 Å². The molecular formula is C45H62N2O12. The van der Waals surface area contributed by atoms with Gasteiger partial charge in [-0.05, 0) is 26.3 Å². The normalized spacial score (nSPS) is 31.2. The van der Waals surface area contributed by atoms with Crippen molar-refractivity contribution in [1.82, 2.24) is 10.6 Å². The van der Waals surface area contributed by atoms with E-state index in [2.05, 4.69) is 17.6 Å². The molecule has 5 N–H and O–H groups in total. The maximum atomic E-state index is 14.6. The van der Waals surface area contributed by atoms with Crippen LogP contribution in [-0.4, -0.2) is 88.4 Å². The minimum Gasteiger partial charge on any atom is -0.507 e. The Morgan fingerprint density at radius 2 is 1.56 bits per heavy atom. The Labute approximate surface area is 347 Å². The van der Waals surface area contributed by atoms with Gasteiger partial charge in [-0.25, -0.2) is 0 Å². The molecule has 9 atom stereocenters. The first-order valence-electron chi connectivity index (χ1n) is 20.6. The number of fused-ring (bicyclic) bond motifs is 14. The van der Waals surface area contributed by atoms with Crippen LogP contribution in [0.5, 0.6) is 11.5 Å². The number of nitrogens with one attached hydrogen (secondary N) is 2. The lowest BCUT2D eigenvalue weighted by atomic mass is 9.78. The average molecular weight is 823 g/mol. The van der Waals surface area contributed by atoms with Crippen LogP contribution in [0.4, 0.5) is 0 Å². The molecule has 0 aromatic heterocycles. The third-order valence-corrected chi connectivity index (χ3v) is 11.8. The van der Waals surface area contributed by atoms with Gasteiger partial charge in [0, 0.05) is 62.3 Å². The van der Waals surface area contributed by atoms with Gasteiger partial charge in [-0.1, -0.05) is 85.0 Å². The molecule has 14 heteroatoms. The predicted octanol–water partition coefficient (Wildman–Crippen LogP) is 5.91. The quantitative estimate of drug-likeness (QED) is 0.138. The number of aromatic hydroxyl groups is 1. The van der Waals surface area contributed by atoms with Crippen molar-refractivity contribution in [2.75, 3.05) is 13.7 Å². The summed E-state index contributed by atoms with van der Waals surface area (Å²) in [5.41, 5.74) is -1.51. The van der Waals surface area contributed by atoms with Crippen LogP contribution in [0.2, 0.25) is 0 Å². The predicted molar refractivity (Wildman–Crippen MR) is 220 cm³/mol. The van der Waals surface area contributed by atoms with Gasteiger partial charge < -0.3 is 44.9 Å². The molecule has 14 nitrogen and oxygen atoms in total. The Morgan fingerprint density at radius 1 is 0.898 bits per heavy atom. The molecule has 3 heterocycles. The molecule has 1 aromatic carbocycles. The molecule has 324 valence electrons. The van der Waals surface area contributed by atoms with E-state index >= 15 is 0 Å². The molecule has 0 saturated heterocycles. The van der Waals surface area contributed by atoms with Crippen LogP contribution in [-0.2, 0) is 23.8 Å². The number of amides is 1. The number of phenols is 1. The number of carbonyl (C=O) groups excluding carboxylic acids is 5. The number of rotatable bonds is 10. The van der Waals surface area contributed by atoms with E-state index in [0.717, 1.165) is 32.1 Å². The van der Waals surface area contributed by atoms with Crippen LogP contribution < -0.4 is 15.4 Å². The molecule has 5 rings (SSSR count). The minimum atomic E-state index is -2.06. The molecular weight excluding hydrogens is 760 g/mol. The lowest BCUT2D eigenvalue weighted by Crippen LogP contribution is -2.46. The van der Waals surface area contributed by atoms with Crippen LogP contribution in [0, 0.1) is 30.6 Å². The summed E-state index contributed by atoms with van der Waals surface area (Å²) in [7, 11) is 1.43. The molecule has 0 fully saturated rings. The summed E-state index contributed by atoms with van der Waals surface area (Å²) in [5.74, 6) is -9.04. The number of methoxy groups -OCH3 is 1.